The van der Waals surface area contributed by atoms with Gasteiger partial charge in [0.25, 0.3) is 5.91 Å². The first-order chi connectivity index (χ1) is 6.50. The van der Waals surface area contributed by atoms with Crippen LogP contribution < -0.4 is 5.32 Å². The average molecular weight is 278 g/mol. The molecule has 3 nitrogen and oxygen atoms in total. The van der Waals surface area contributed by atoms with Crippen molar-refractivity contribution in [3.8, 4) is 0 Å². The molecule has 0 aliphatic carbocycles. The second-order valence-corrected chi connectivity index (χ2v) is 5.50. The van der Waals surface area contributed by atoms with Crippen molar-refractivity contribution < 1.29 is 9.90 Å². The molecule has 0 aromatic carbocycles. The minimum absolute atomic E-state index is 0.135. The van der Waals surface area contributed by atoms with Gasteiger partial charge in [-0.15, -0.1) is 11.3 Å². The lowest BCUT2D eigenvalue weighted by Crippen LogP contribution is -2.29. The van der Waals surface area contributed by atoms with E-state index in [2.05, 4.69) is 21.2 Å². The van der Waals surface area contributed by atoms with E-state index in [0.717, 1.165) is 9.35 Å². The van der Waals surface area contributed by atoms with Gasteiger partial charge in [0, 0.05) is 6.54 Å². The molecule has 14 heavy (non-hydrogen) atoms. The fourth-order valence-electron chi connectivity index (χ4n) is 0.899. The van der Waals surface area contributed by atoms with Crippen LogP contribution in [-0.2, 0) is 0 Å². The summed E-state index contributed by atoms with van der Waals surface area (Å²) < 4.78 is 0.972. The summed E-state index contributed by atoms with van der Waals surface area (Å²) in [6.45, 7) is 3.86. The topological polar surface area (TPSA) is 49.3 Å². The van der Waals surface area contributed by atoms with Crippen molar-refractivity contribution >= 4 is 33.2 Å². The maximum absolute atomic E-state index is 11.5. The van der Waals surface area contributed by atoms with E-state index in [1.54, 1.807) is 6.92 Å². The summed E-state index contributed by atoms with van der Waals surface area (Å²) in [5.41, 5.74) is 1.05. The summed E-state index contributed by atoms with van der Waals surface area (Å²) in [6.07, 6.45) is -0.511. The van der Waals surface area contributed by atoms with Crippen molar-refractivity contribution in [2.45, 2.75) is 20.0 Å². The van der Waals surface area contributed by atoms with Crippen LogP contribution in [0.5, 0.6) is 0 Å². The predicted octanol–water partition coefficient (Wildman–Crippen LogP) is 1.93. The molecule has 1 aromatic rings. The van der Waals surface area contributed by atoms with E-state index in [9.17, 15) is 4.79 Å². The number of hydrogen-bond acceptors (Lipinski definition) is 3. The summed E-state index contributed by atoms with van der Waals surface area (Å²) in [6, 6.07) is 1.83. The summed E-state index contributed by atoms with van der Waals surface area (Å²) >= 11 is 4.75. The van der Waals surface area contributed by atoms with Gasteiger partial charge >= 0.3 is 0 Å². The van der Waals surface area contributed by atoms with E-state index >= 15 is 0 Å². The SMILES string of the molecule is Cc1cc(C(=O)NC[C@@H](C)O)sc1Br. The Morgan fingerprint density at radius 3 is 2.86 bits per heavy atom. The fraction of sp³-hybridized carbons (Fsp3) is 0.444. The second kappa shape index (κ2) is 4.91. The standard InChI is InChI=1S/C9H12BrNO2S/c1-5-3-7(14-8(5)10)9(13)11-4-6(2)12/h3,6,12H,4H2,1-2H3,(H,11,13)/t6-/m1/s1. The number of rotatable bonds is 3. The Bertz CT molecular complexity index is 316. The van der Waals surface area contributed by atoms with Crippen molar-refractivity contribution in [3.05, 3.63) is 20.3 Å². The van der Waals surface area contributed by atoms with Crippen LogP contribution in [0.25, 0.3) is 0 Å². The molecule has 1 rings (SSSR count). The highest BCUT2D eigenvalue weighted by molar-refractivity contribution is 9.11. The van der Waals surface area contributed by atoms with Crippen molar-refractivity contribution in [1.29, 1.82) is 0 Å². The monoisotopic (exact) mass is 277 g/mol. The van der Waals surface area contributed by atoms with Gasteiger partial charge in [0.1, 0.15) is 0 Å². The summed E-state index contributed by atoms with van der Waals surface area (Å²) in [4.78, 5) is 12.1. The lowest BCUT2D eigenvalue weighted by atomic mass is 10.3. The minimum Gasteiger partial charge on any atom is -0.392 e. The molecule has 0 unspecified atom stereocenters. The third kappa shape index (κ3) is 3.08. The number of halogens is 1. The Morgan fingerprint density at radius 2 is 2.43 bits per heavy atom. The number of carbonyl (C=O) groups excluding carboxylic acids is 1. The normalized spacial score (nSPS) is 12.6. The first kappa shape index (κ1) is 11.7. The van der Waals surface area contributed by atoms with E-state index in [-0.39, 0.29) is 12.5 Å². The Morgan fingerprint density at radius 1 is 1.79 bits per heavy atom. The molecular formula is C9H12BrNO2S. The molecule has 1 atom stereocenters. The maximum atomic E-state index is 11.5. The zero-order chi connectivity index (χ0) is 10.7. The first-order valence-corrected chi connectivity index (χ1v) is 5.84. The molecule has 78 valence electrons. The molecule has 2 N–H and O–H groups in total. The lowest BCUT2D eigenvalue weighted by Gasteiger charge is -2.04. The van der Waals surface area contributed by atoms with Gasteiger partial charge in [-0.05, 0) is 41.4 Å². The third-order valence-corrected chi connectivity index (χ3v) is 3.77. The number of aryl methyl sites for hydroxylation is 1. The molecule has 0 aliphatic rings. The van der Waals surface area contributed by atoms with E-state index < -0.39 is 6.10 Å². The summed E-state index contributed by atoms with van der Waals surface area (Å²) in [5.74, 6) is -0.135. The maximum Gasteiger partial charge on any atom is 0.261 e. The van der Waals surface area contributed by atoms with Crippen molar-refractivity contribution in [2.75, 3.05) is 6.54 Å². The number of carbonyl (C=O) groups is 1. The molecule has 1 amide bonds. The molecule has 1 heterocycles. The molecule has 1 aromatic heterocycles. The van der Waals surface area contributed by atoms with Crippen LogP contribution in [0.3, 0.4) is 0 Å². The largest absolute Gasteiger partial charge is 0.392 e. The Balaban J connectivity index is 2.61. The molecule has 0 bridgehead atoms. The van der Waals surface area contributed by atoms with Gasteiger partial charge in [-0.25, -0.2) is 0 Å². The van der Waals surface area contributed by atoms with Gasteiger partial charge in [-0.2, -0.15) is 0 Å². The van der Waals surface area contributed by atoms with E-state index in [4.69, 9.17) is 5.11 Å². The van der Waals surface area contributed by atoms with Crippen LogP contribution in [0.2, 0.25) is 0 Å². The van der Waals surface area contributed by atoms with Crippen molar-refractivity contribution in [2.24, 2.45) is 0 Å². The molecule has 0 saturated carbocycles. The van der Waals surface area contributed by atoms with Crippen LogP contribution in [0.1, 0.15) is 22.2 Å². The third-order valence-electron chi connectivity index (χ3n) is 1.64. The van der Waals surface area contributed by atoms with Gasteiger partial charge in [-0.1, -0.05) is 0 Å². The number of aliphatic hydroxyl groups excluding tert-OH is 1. The molecule has 0 aliphatic heterocycles. The number of thiophene rings is 1. The fourth-order valence-corrected chi connectivity index (χ4v) is 2.35. The Labute approximate surface area is 95.3 Å². The smallest absolute Gasteiger partial charge is 0.261 e. The number of amides is 1. The van der Waals surface area contributed by atoms with E-state index in [1.807, 2.05) is 13.0 Å². The lowest BCUT2D eigenvalue weighted by molar-refractivity contribution is 0.0928. The Kier molecular flexibility index (Phi) is 4.10. The molecular weight excluding hydrogens is 266 g/mol. The molecule has 0 radical (unpaired) electrons. The van der Waals surface area contributed by atoms with Crippen LogP contribution >= 0.6 is 27.3 Å². The average Bonchev–Trinajstić information content (AvgIpc) is 2.43. The zero-order valence-electron chi connectivity index (χ0n) is 8.00. The van der Waals surface area contributed by atoms with Gasteiger partial charge in [0.15, 0.2) is 0 Å². The molecule has 0 saturated heterocycles. The highest BCUT2D eigenvalue weighted by Gasteiger charge is 2.10. The summed E-state index contributed by atoms with van der Waals surface area (Å²) in [7, 11) is 0. The molecule has 0 fully saturated rings. The van der Waals surface area contributed by atoms with E-state index in [0.29, 0.717) is 4.88 Å². The number of aliphatic hydroxyl groups is 1. The second-order valence-electron chi connectivity index (χ2n) is 3.13. The highest BCUT2D eigenvalue weighted by atomic mass is 79.9. The van der Waals surface area contributed by atoms with Crippen molar-refractivity contribution in [3.63, 3.8) is 0 Å². The van der Waals surface area contributed by atoms with Crippen LogP contribution in [0.15, 0.2) is 9.85 Å². The molecule has 0 spiro atoms. The zero-order valence-corrected chi connectivity index (χ0v) is 10.4. The quantitative estimate of drug-likeness (QED) is 0.887. The highest BCUT2D eigenvalue weighted by Crippen LogP contribution is 2.27. The van der Waals surface area contributed by atoms with Crippen LogP contribution in [-0.4, -0.2) is 23.7 Å². The van der Waals surface area contributed by atoms with E-state index in [1.165, 1.54) is 11.3 Å². The van der Waals surface area contributed by atoms with Gasteiger partial charge < -0.3 is 10.4 Å². The number of nitrogens with one attached hydrogen (secondary N) is 1. The summed E-state index contributed by atoms with van der Waals surface area (Å²) in [5, 5.41) is 11.6. The van der Waals surface area contributed by atoms with Crippen molar-refractivity contribution in [1.82, 2.24) is 5.32 Å². The first-order valence-electron chi connectivity index (χ1n) is 4.23. The minimum atomic E-state index is -0.511. The van der Waals surface area contributed by atoms with Gasteiger partial charge in [0.05, 0.1) is 14.8 Å². The number of hydrogen-bond donors (Lipinski definition) is 2. The van der Waals surface area contributed by atoms with Gasteiger partial charge in [-0.3, -0.25) is 4.79 Å². The molecule has 5 heteroatoms. The van der Waals surface area contributed by atoms with Gasteiger partial charge in [0.2, 0.25) is 0 Å². The predicted molar refractivity (Wildman–Crippen MR) is 60.8 cm³/mol. The van der Waals surface area contributed by atoms with Crippen LogP contribution in [0.4, 0.5) is 0 Å². The Hall–Kier alpha value is -0.390. The van der Waals surface area contributed by atoms with Crippen LogP contribution in [0, 0.1) is 6.92 Å².